The second kappa shape index (κ2) is 9.15. The van der Waals surface area contributed by atoms with Gasteiger partial charge in [-0.05, 0) is 25.0 Å². The quantitative estimate of drug-likeness (QED) is 0.441. The summed E-state index contributed by atoms with van der Waals surface area (Å²) in [5.41, 5.74) is 1.17. The molecule has 0 atom stereocenters. The lowest BCUT2D eigenvalue weighted by atomic mass is 10.2. The Morgan fingerprint density at radius 1 is 1.36 bits per heavy atom. The molecule has 0 unspecified atom stereocenters. The molecule has 0 aliphatic rings. The van der Waals surface area contributed by atoms with Gasteiger partial charge >= 0.3 is 0 Å². The summed E-state index contributed by atoms with van der Waals surface area (Å²) < 4.78 is 23.3. The number of benzene rings is 1. The smallest absolute Gasteiger partial charge is 0.193 e. The molecular formula is C15H24BrN3O2S. The minimum absolute atomic E-state index is 0.170. The van der Waals surface area contributed by atoms with E-state index in [1.165, 1.54) is 11.8 Å². The fourth-order valence-corrected chi connectivity index (χ4v) is 3.00. The van der Waals surface area contributed by atoms with E-state index in [1.807, 2.05) is 37.1 Å². The van der Waals surface area contributed by atoms with Crippen LogP contribution in [0.2, 0.25) is 0 Å². The maximum atomic E-state index is 11.1. The summed E-state index contributed by atoms with van der Waals surface area (Å²) >= 11 is 3.54. The topological polar surface area (TPSA) is 61.8 Å². The third-order valence-corrected chi connectivity index (χ3v) is 4.80. The van der Waals surface area contributed by atoms with Gasteiger partial charge in [-0.2, -0.15) is 0 Å². The molecule has 0 aliphatic heterocycles. The highest BCUT2D eigenvalue weighted by Crippen LogP contribution is 2.17. The molecule has 1 aromatic carbocycles. The Hall–Kier alpha value is -1.08. The Morgan fingerprint density at radius 3 is 2.64 bits per heavy atom. The number of nitrogens with zero attached hydrogens (tertiary/aromatic N) is 2. The number of aliphatic imine (C=N–C) groups is 1. The van der Waals surface area contributed by atoms with Gasteiger partial charge in [-0.25, -0.2) is 8.42 Å². The minimum atomic E-state index is -2.92. The van der Waals surface area contributed by atoms with Crippen LogP contribution in [0.25, 0.3) is 0 Å². The summed E-state index contributed by atoms with van der Waals surface area (Å²) in [6.07, 6.45) is 1.79. The van der Waals surface area contributed by atoms with Crippen LogP contribution in [0.1, 0.15) is 18.9 Å². The predicted molar refractivity (Wildman–Crippen MR) is 95.9 cm³/mol. The van der Waals surface area contributed by atoms with Crippen molar-refractivity contribution in [3.05, 3.63) is 34.3 Å². The van der Waals surface area contributed by atoms with Gasteiger partial charge in [0.1, 0.15) is 9.84 Å². The normalized spacial score (nSPS) is 12.3. The fraction of sp³-hybridized carbons (Fsp3) is 0.533. The van der Waals surface area contributed by atoms with Crippen LogP contribution in [0.3, 0.4) is 0 Å². The van der Waals surface area contributed by atoms with Gasteiger partial charge in [0.25, 0.3) is 0 Å². The van der Waals surface area contributed by atoms with Crippen molar-refractivity contribution in [2.45, 2.75) is 19.9 Å². The zero-order chi connectivity index (χ0) is 16.6. The van der Waals surface area contributed by atoms with Crippen molar-refractivity contribution < 1.29 is 8.42 Å². The van der Waals surface area contributed by atoms with E-state index in [0.717, 1.165) is 23.5 Å². The van der Waals surface area contributed by atoms with Gasteiger partial charge in [-0.3, -0.25) is 4.99 Å². The van der Waals surface area contributed by atoms with Gasteiger partial charge in [-0.1, -0.05) is 34.1 Å². The first kappa shape index (κ1) is 19.0. The van der Waals surface area contributed by atoms with Crippen LogP contribution in [-0.4, -0.2) is 51.4 Å². The zero-order valence-corrected chi connectivity index (χ0v) is 15.7. The number of hydrogen-bond donors (Lipinski definition) is 1. The van der Waals surface area contributed by atoms with Gasteiger partial charge in [0.05, 0.1) is 5.75 Å². The molecule has 1 aromatic rings. The molecule has 0 fully saturated rings. The molecule has 0 saturated heterocycles. The maximum absolute atomic E-state index is 11.1. The molecule has 7 heteroatoms. The highest BCUT2D eigenvalue weighted by atomic mass is 79.9. The maximum Gasteiger partial charge on any atom is 0.193 e. The number of rotatable bonds is 7. The lowest BCUT2D eigenvalue weighted by Crippen LogP contribution is -2.38. The number of nitrogens with one attached hydrogen (secondary N) is 1. The Morgan fingerprint density at radius 2 is 2.05 bits per heavy atom. The highest BCUT2D eigenvalue weighted by molar-refractivity contribution is 9.10. The summed E-state index contributed by atoms with van der Waals surface area (Å²) in [6.45, 7) is 4.00. The van der Waals surface area contributed by atoms with Crippen LogP contribution in [0, 0.1) is 0 Å². The summed E-state index contributed by atoms with van der Waals surface area (Å²) in [4.78, 5) is 6.53. The molecule has 0 aliphatic carbocycles. The molecule has 0 aromatic heterocycles. The van der Waals surface area contributed by atoms with Crippen molar-refractivity contribution in [3.63, 3.8) is 0 Å². The van der Waals surface area contributed by atoms with E-state index >= 15 is 0 Å². The van der Waals surface area contributed by atoms with Crippen molar-refractivity contribution in [1.29, 1.82) is 0 Å². The Balaban J connectivity index is 2.66. The lowest BCUT2D eigenvalue weighted by Gasteiger charge is -2.22. The predicted octanol–water partition coefficient (Wildman–Crippen LogP) is 2.28. The Bertz CT molecular complexity index is 603. The van der Waals surface area contributed by atoms with E-state index in [2.05, 4.69) is 32.3 Å². The summed E-state index contributed by atoms with van der Waals surface area (Å²) in [5.74, 6) is 0.955. The van der Waals surface area contributed by atoms with Crippen LogP contribution in [-0.2, 0) is 16.4 Å². The van der Waals surface area contributed by atoms with Crippen molar-refractivity contribution in [3.8, 4) is 0 Å². The molecule has 0 radical (unpaired) electrons. The van der Waals surface area contributed by atoms with Crippen molar-refractivity contribution >= 4 is 31.7 Å². The minimum Gasteiger partial charge on any atom is -0.357 e. The number of halogens is 1. The number of guanidine groups is 1. The van der Waals surface area contributed by atoms with Crippen LogP contribution >= 0.6 is 15.9 Å². The molecular weight excluding hydrogens is 366 g/mol. The van der Waals surface area contributed by atoms with Gasteiger partial charge in [0, 0.05) is 37.4 Å². The van der Waals surface area contributed by atoms with E-state index < -0.39 is 9.84 Å². The number of hydrogen-bond acceptors (Lipinski definition) is 3. The fourth-order valence-electron chi connectivity index (χ4n) is 1.94. The summed E-state index contributed by atoms with van der Waals surface area (Å²) in [7, 11) is -0.948. The molecule has 0 bridgehead atoms. The first-order valence-corrected chi connectivity index (χ1v) is 10.1. The molecule has 5 nitrogen and oxygen atoms in total. The average Bonchev–Trinajstić information content (AvgIpc) is 2.43. The van der Waals surface area contributed by atoms with Gasteiger partial charge < -0.3 is 10.2 Å². The molecule has 22 heavy (non-hydrogen) atoms. The van der Waals surface area contributed by atoms with Crippen LogP contribution in [0.15, 0.2) is 33.7 Å². The monoisotopic (exact) mass is 389 g/mol. The van der Waals surface area contributed by atoms with E-state index in [4.69, 9.17) is 0 Å². The van der Waals surface area contributed by atoms with Crippen molar-refractivity contribution in [2.75, 3.05) is 32.1 Å². The Kier molecular flexibility index (Phi) is 7.89. The lowest BCUT2D eigenvalue weighted by molar-refractivity contribution is 0.476. The molecule has 1 rings (SSSR count). The van der Waals surface area contributed by atoms with Crippen LogP contribution in [0.5, 0.6) is 0 Å². The van der Waals surface area contributed by atoms with E-state index in [0.29, 0.717) is 13.0 Å². The number of sulfone groups is 1. The van der Waals surface area contributed by atoms with Gasteiger partial charge in [0.15, 0.2) is 5.96 Å². The van der Waals surface area contributed by atoms with Crippen molar-refractivity contribution in [2.24, 2.45) is 4.99 Å². The largest absolute Gasteiger partial charge is 0.357 e. The third-order valence-electron chi connectivity index (χ3n) is 3.00. The standard InChI is InChI=1S/C15H24BrN3O2S/c1-4-17-15(18-10-7-11-22(3,20)21)19(2)12-13-8-5-6-9-14(13)16/h5-6,8-9H,4,7,10-12H2,1-3H3,(H,17,18). The van der Waals surface area contributed by atoms with E-state index in [9.17, 15) is 8.42 Å². The van der Waals surface area contributed by atoms with Crippen LogP contribution in [0.4, 0.5) is 0 Å². The SMILES string of the molecule is CCNC(=NCCCS(C)(=O)=O)N(C)Cc1ccccc1Br. The van der Waals surface area contributed by atoms with Crippen LogP contribution < -0.4 is 5.32 Å². The molecule has 124 valence electrons. The molecule has 1 N–H and O–H groups in total. The van der Waals surface area contributed by atoms with E-state index in [-0.39, 0.29) is 5.75 Å². The first-order chi connectivity index (χ1) is 10.3. The van der Waals surface area contributed by atoms with Gasteiger partial charge in [0.2, 0.25) is 0 Å². The van der Waals surface area contributed by atoms with Gasteiger partial charge in [-0.15, -0.1) is 0 Å². The average molecular weight is 390 g/mol. The second-order valence-electron chi connectivity index (χ2n) is 5.17. The second-order valence-corrected chi connectivity index (χ2v) is 8.28. The zero-order valence-electron chi connectivity index (χ0n) is 13.3. The molecule has 0 heterocycles. The summed E-state index contributed by atoms with van der Waals surface area (Å²) in [5, 5.41) is 3.23. The molecule has 0 spiro atoms. The van der Waals surface area contributed by atoms with Crippen molar-refractivity contribution in [1.82, 2.24) is 10.2 Å². The van der Waals surface area contributed by atoms with E-state index in [1.54, 1.807) is 0 Å². The summed E-state index contributed by atoms with van der Waals surface area (Å²) in [6, 6.07) is 8.06. The first-order valence-electron chi connectivity index (χ1n) is 7.24. The highest BCUT2D eigenvalue weighted by Gasteiger charge is 2.08. The Labute approximate surface area is 141 Å². The molecule has 0 amide bonds. The third kappa shape index (κ3) is 7.26. The molecule has 0 saturated carbocycles.